The van der Waals surface area contributed by atoms with Gasteiger partial charge in [-0.25, -0.2) is 26.0 Å². The average molecular weight is 603 g/mol. The highest BCUT2D eigenvalue weighted by Gasteiger charge is 2.35. The van der Waals surface area contributed by atoms with Crippen molar-refractivity contribution in [2.24, 2.45) is 0 Å². The van der Waals surface area contributed by atoms with Crippen molar-refractivity contribution in [2.45, 2.75) is 24.8 Å². The minimum absolute atomic E-state index is 0.0229. The number of carbonyl (C=O) groups excluding carboxylic acids is 1. The van der Waals surface area contributed by atoms with Gasteiger partial charge < -0.3 is 14.5 Å². The van der Waals surface area contributed by atoms with Crippen molar-refractivity contribution in [1.29, 1.82) is 0 Å². The highest BCUT2D eigenvalue weighted by molar-refractivity contribution is 7.92. The summed E-state index contributed by atoms with van der Waals surface area (Å²) in [5.74, 6) is -0.282. The van der Waals surface area contributed by atoms with Gasteiger partial charge in [-0.05, 0) is 53.9 Å². The number of aryl methyl sites for hydroxylation is 1. The third kappa shape index (κ3) is 5.37. The van der Waals surface area contributed by atoms with E-state index in [0.717, 1.165) is 10.6 Å². The maximum Gasteiger partial charge on any atom is 0.412 e. The number of nitrogens with one attached hydrogen (secondary N) is 1. The van der Waals surface area contributed by atoms with Gasteiger partial charge in [-0.15, -0.1) is 0 Å². The second kappa shape index (κ2) is 10.8. The van der Waals surface area contributed by atoms with Gasteiger partial charge >= 0.3 is 6.09 Å². The Labute approximate surface area is 236 Å². The largest absolute Gasteiger partial charge is 0.434 e. The topological polar surface area (TPSA) is 139 Å². The molecule has 1 aliphatic heterocycles. The molecule has 0 unspecified atom stereocenters. The quantitative estimate of drug-likeness (QED) is 0.321. The molecule has 0 radical (unpaired) electrons. The predicted molar refractivity (Wildman–Crippen MR) is 150 cm³/mol. The van der Waals surface area contributed by atoms with E-state index >= 15 is 0 Å². The molecule has 3 heterocycles. The molecule has 1 amide bonds. The lowest BCUT2D eigenvalue weighted by molar-refractivity contribution is 0.203. The van der Waals surface area contributed by atoms with Gasteiger partial charge in [0.15, 0.2) is 11.5 Å². The van der Waals surface area contributed by atoms with Crippen molar-refractivity contribution in [3.8, 4) is 17.1 Å². The van der Waals surface area contributed by atoms with Gasteiger partial charge in [0.05, 0.1) is 16.5 Å². The van der Waals surface area contributed by atoms with Gasteiger partial charge in [0.1, 0.15) is 11.6 Å². The molecule has 11 nitrogen and oxygen atoms in total. The molecule has 0 spiro atoms. The SMILES string of the molecule is CCc1cc2c(OC(=O)NC)c(-c3ccc(F)cc3)oc2nc1N(CCN1Cc2ccccc2S1(=O)=O)S(C)(=O)=O. The molecule has 216 valence electrons. The summed E-state index contributed by atoms with van der Waals surface area (Å²) in [5, 5.41) is 2.67. The van der Waals surface area contributed by atoms with Crippen LogP contribution in [-0.4, -0.2) is 58.6 Å². The minimum Gasteiger partial charge on any atom is -0.434 e. The number of halogens is 1. The molecule has 0 saturated heterocycles. The Bertz CT molecular complexity index is 1860. The zero-order chi connectivity index (χ0) is 29.5. The summed E-state index contributed by atoms with van der Waals surface area (Å²) < 4.78 is 79.4. The number of amides is 1. The van der Waals surface area contributed by atoms with E-state index in [1.165, 1.54) is 41.7 Å². The lowest BCUT2D eigenvalue weighted by Crippen LogP contribution is -2.39. The van der Waals surface area contributed by atoms with Gasteiger partial charge in [0.25, 0.3) is 0 Å². The highest BCUT2D eigenvalue weighted by atomic mass is 32.2. The average Bonchev–Trinajstić information content (AvgIpc) is 3.41. The summed E-state index contributed by atoms with van der Waals surface area (Å²) in [4.78, 5) is 16.9. The lowest BCUT2D eigenvalue weighted by atomic mass is 10.1. The van der Waals surface area contributed by atoms with E-state index in [2.05, 4.69) is 10.3 Å². The summed E-state index contributed by atoms with van der Waals surface area (Å²) in [6.45, 7) is 1.61. The summed E-state index contributed by atoms with van der Waals surface area (Å²) in [5.41, 5.74) is 1.51. The molecule has 0 saturated carbocycles. The normalized spacial score (nSPS) is 14.6. The van der Waals surface area contributed by atoms with Gasteiger partial charge in [0.2, 0.25) is 25.8 Å². The van der Waals surface area contributed by atoms with Crippen LogP contribution < -0.4 is 14.4 Å². The number of anilines is 1. The maximum atomic E-state index is 13.6. The number of pyridine rings is 1. The molecule has 2 aromatic carbocycles. The predicted octanol–water partition coefficient (Wildman–Crippen LogP) is 3.89. The first kappa shape index (κ1) is 28.5. The molecule has 4 aromatic rings. The second-order valence-electron chi connectivity index (χ2n) is 9.37. The number of benzene rings is 2. The first-order chi connectivity index (χ1) is 19.4. The molecule has 0 bridgehead atoms. The lowest BCUT2D eigenvalue weighted by Gasteiger charge is -2.25. The molecule has 14 heteroatoms. The van der Waals surface area contributed by atoms with Gasteiger partial charge in [0, 0.05) is 32.2 Å². The van der Waals surface area contributed by atoms with Crippen LogP contribution in [0.5, 0.6) is 5.75 Å². The molecule has 41 heavy (non-hydrogen) atoms. The number of ether oxygens (including phenoxy) is 1. The Morgan fingerprint density at radius 3 is 2.54 bits per heavy atom. The van der Waals surface area contributed by atoms with Gasteiger partial charge in [-0.2, -0.15) is 9.29 Å². The van der Waals surface area contributed by atoms with E-state index in [4.69, 9.17) is 9.15 Å². The van der Waals surface area contributed by atoms with Crippen LogP contribution in [0.3, 0.4) is 0 Å². The molecule has 0 aliphatic carbocycles. The van der Waals surface area contributed by atoms with E-state index in [9.17, 15) is 26.0 Å². The smallest absolute Gasteiger partial charge is 0.412 e. The van der Waals surface area contributed by atoms with Crippen molar-refractivity contribution in [2.75, 3.05) is 30.7 Å². The Hall–Kier alpha value is -4.01. The fraction of sp³-hybridized carbons (Fsp3) is 0.259. The van der Waals surface area contributed by atoms with E-state index in [-0.39, 0.29) is 47.6 Å². The maximum absolute atomic E-state index is 13.6. The first-order valence-corrected chi connectivity index (χ1v) is 15.9. The van der Waals surface area contributed by atoms with Gasteiger partial charge in [-0.3, -0.25) is 4.31 Å². The number of sulfonamides is 2. The number of nitrogens with zero attached hydrogens (tertiary/aromatic N) is 3. The van der Waals surface area contributed by atoms with E-state index in [1.807, 2.05) is 0 Å². The summed E-state index contributed by atoms with van der Waals surface area (Å²) in [6, 6.07) is 13.6. The Balaban J connectivity index is 1.57. The Kier molecular flexibility index (Phi) is 7.48. The molecule has 5 rings (SSSR count). The summed E-state index contributed by atoms with van der Waals surface area (Å²) in [7, 11) is -6.32. The fourth-order valence-electron chi connectivity index (χ4n) is 4.68. The first-order valence-electron chi connectivity index (χ1n) is 12.6. The molecule has 2 aromatic heterocycles. The number of fused-ring (bicyclic) bond motifs is 2. The summed E-state index contributed by atoms with van der Waals surface area (Å²) in [6.07, 6.45) is 0.579. The van der Waals surface area contributed by atoms with Crippen LogP contribution >= 0.6 is 0 Å². The van der Waals surface area contributed by atoms with Crippen LogP contribution in [0.1, 0.15) is 18.1 Å². The number of rotatable bonds is 8. The molecule has 0 fully saturated rings. The molecule has 1 aliphatic rings. The number of hydrogen-bond donors (Lipinski definition) is 1. The van der Waals surface area contributed by atoms with Crippen LogP contribution in [-0.2, 0) is 33.0 Å². The second-order valence-corrected chi connectivity index (χ2v) is 13.2. The van der Waals surface area contributed by atoms with Crippen molar-refractivity contribution in [3.05, 3.63) is 71.5 Å². The van der Waals surface area contributed by atoms with E-state index in [0.29, 0.717) is 28.5 Å². The number of carbonyl (C=O) groups is 1. The monoisotopic (exact) mass is 602 g/mol. The zero-order valence-corrected chi connectivity index (χ0v) is 24.1. The standard InChI is InChI=1S/C27H27FN4O7S2/c1-4-17-15-21-24(39-27(33)29-2)23(18-9-11-20(28)12-10-18)38-26(21)30-25(17)32(40(3,34)35)14-13-31-16-19-7-5-6-8-22(19)41(31,36)37/h5-12,15H,4,13-14,16H2,1-3H3,(H,29,33). The zero-order valence-electron chi connectivity index (χ0n) is 22.4. The van der Waals surface area contributed by atoms with Crippen molar-refractivity contribution >= 4 is 43.1 Å². The van der Waals surface area contributed by atoms with E-state index in [1.54, 1.807) is 31.2 Å². The van der Waals surface area contributed by atoms with Crippen LogP contribution in [0, 0.1) is 5.82 Å². The van der Waals surface area contributed by atoms with Crippen LogP contribution in [0.2, 0.25) is 0 Å². The van der Waals surface area contributed by atoms with Crippen LogP contribution in [0.25, 0.3) is 22.4 Å². The Morgan fingerprint density at radius 1 is 1.20 bits per heavy atom. The number of aromatic nitrogens is 1. The van der Waals surface area contributed by atoms with Crippen molar-refractivity contribution in [1.82, 2.24) is 14.6 Å². The number of hydrogen-bond acceptors (Lipinski definition) is 8. The molecule has 1 N–H and O–H groups in total. The molecule has 0 atom stereocenters. The molecular weight excluding hydrogens is 575 g/mol. The van der Waals surface area contributed by atoms with Crippen molar-refractivity contribution < 1.29 is 35.2 Å². The summed E-state index contributed by atoms with van der Waals surface area (Å²) >= 11 is 0. The highest BCUT2D eigenvalue weighted by Crippen LogP contribution is 2.42. The minimum atomic E-state index is -3.93. The third-order valence-electron chi connectivity index (χ3n) is 6.71. The fourth-order valence-corrected chi connectivity index (χ4v) is 7.19. The van der Waals surface area contributed by atoms with E-state index < -0.39 is 32.0 Å². The molecular formula is C27H27FN4O7S2. The number of furan rings is 1. The van der Waals surface area contributed by atoms with Crippen LogP contribution in [0.15, 0.2) is 63.9 Å². The van der Waals surface area contributed by atoms with Gasteiger partial charge in [-0.1, -0.05) is 25.1 Å². The van der Waals surface area contributed by atoms with Crippen molar-refractivity contribution in [3.63, 3.8) is 0 Å². The third-order valence-corrected chi connectivity index (χ3v) is 9.81. The van der Waals surface area contributed by atoms with Crippen LogP contribution in [0.4, 0.5) is 15.0 Å². The Morgan fingerprint density at radius 2 is 1.90 bits per heavy atom.